The van der Waals surface area contributed by atoms with Gasteiger partial charge in [-0.3, -0.25) is 0 Å². The van der Waals surface area contributed by atoms with Crippen molar-refractivity contribution < 1.29 is 0 Å². The van der Waals surface area contributed by atoms with Crippen LogP contribution in [0.25, 0.3) is 5.52 Å². The summed E-state index contributed by atoms with van der Waals surface area (Å²) in [6, 6.07) is 6.03. The number of hydrogen-bond acceptors (Lipinski definition) is 4. The summed E-state index contributed by atoms with van der Waals surface area (Å²) in [7, 11) is 1.89. The van der Waals surface area contributed by atoms with E-state index in [1.807, 2.05) is 36.1 Å². The third-order valence-electron chi connectivity index (χ3n) is 3.28. The Morgan fingerprint density at radius 2 is 2.25 bits per heavy atom. The summed E-state index contributed by atoms with van der Waals surface area (Å²) in [6.45, 7) is 2.92. The summed E-state index contributed by atoms with van der Waals surface area (Å²) < 4.78 is 4.41. The number of aryl methyl sites for hydroxylation is 1. The maximum Gasteiger partial charge on any atom is 0.153 e. The van der Waals surface area contributed by atoms with E-state index in [-0.39, 0.29) is 6.04 Å². The van der Waals surface area contributed by atoms with E-state index in [0.717, 1.165) is 27.9 Å². The van der Waals surface area contributed by atoms with Crippen molar-refractivity contribution in [3.05, 3.63) is 46.5 Å². The van der Waals surface area contributed by atoms with Gasteiger partial charge in [-0.2, -0.15) is 5.10 Å². The van der Waals surface area contributed by atoms with Crippen molar-refractivity contribution >= 4 is 21.4 Å². The molecule has 3 aromatic rings. The Kier molecular flexibility index (Phi) is 3.54. The zero-order valence-electron chi connectivity index (χ0n) is 11.3. The van der Waals surface area contributed by atoms with Gasteiger partial charge < -0.3 is 5.32 Å². The zero-order chi connectivity index (χ0) is 14.1. The molecule has 3 aromatic heterocycles. The van der Waals surface area contributed by atoms with E-state index >= 15 is 0 Å². The van der Waals surface area contributed by atoms with Crippen molar-refractivity contribution in [3.8, 4) is 0 Å². The summed E-state index contributed by atoms with van der Waals surface area (Å²) in [5, 5.41) is 16.0. The first-order valence-electron chi connectivity index (χ1n) is 6.43. The highest BCUT2D eigenvalue weighted by Gasteiger charge is 2.24. The molecule has 3 heterocycles. The number of hydrogen-bond donors (Lipinski definition) is 1. The van der Waals surface area contributed by atoms with Gasteiger partial charge in [0.25, 0.3) is 0 Å². The molecule has 6 nitrogen and oxygen atoms in total. The lowest BCUT2D eigenvalue weighted by Crippen LogP contribution is -2.24. The molecule has 20 heavy (non-hydrogen) atoms. The molecule has 0 bridgehead atoms. The summed E-state index contributed by atoms with van der Waals surface area (Å²) in [5.74, 6) is 0. The van der Waals surface area contributed by atoms with Crippen LogP contribution in [0.15, 0.2) is 35.2 Å². The zero-order valence-corrected chi connectivity index (χ0v) is 12.9. The minimum absolute atomic E-state index is 0.00530. The van der Waals surface area contributed by atoms with E-state index in [9.17, 15) is 0 Å². The maximum atomic E-state index is 4.40. The Hall–Kier alpha value is -1.73. The number of nitrogens with one attached hydrogen (secondary N) is 1. The van der Waals surface area contributed by atoms with Crippen molar-refractivity contribution in [2.75, 3.05) is 6.54 Å². The molecule has 1 unspecified atom stereocenters. The molecule has 7 heteroatoms. The number of pyridine rings is 1. The van der Waals surface area contributed by atoms with Crippen LogP contribution < -0.4 is 5.32 Å². The van der Waals surface area contributed by atoms with Crippen LogP contribution in [0.5, 0.6) is 0 Å². The molecule has 3 rings (SSSR count). The summed E-state index contributed by atoms with van der Waals surface area (Å²) in [6.07, 6.45) is 3.83. The predicted molar refractivity (Wildman–Crippen MR) is 79.4 cm³/mol. The molecule has 0 aliphatic heterocycles. The first kappa shape index (κ1) is 13.3. The molecular weight excluding hydrogens is 320 g/mol. The molecule has 104 valence electrons. The lowest BCUT2D eigenvalue weighted by molar-refractivity contribution is 0.569. The quantitative estimate of drug-likeness (QED) is 0.791. The number of aromatic nitrogens is 5. The van der Waals surface area contributed by atoms with E-state index in [1.54, 1.807) is 4.68 Å². The van der Waals surface area contributed by atoms with E-state index in [4.69, 9.17) is 0 Å². The lowest BCUT2D eigenvalue weighted by Gasteiger charge is -2.17. The fourth-order valence-corrected chi connectivity index (χ4v) is 2.94. The second-order valence-corrected chi connectivity index (χ2v) is 5.26. The standard InChI is InChI=1S/C13H15BrN6/c1-3-15-11(12-13(14)17-18-19(12)2)9-8-16-20-7-5-4-6-10(9)20/h4-8,11,15H,3H2,1-2H3. The van der Waals surface area contributed by atoms with Crippen molar-refractivity contribution in [3.63, 3.8) is 0 Å². The Labute approximate surface area is 124 Å². The highest BCUT2D eigenvalue weighted by atomic mass is 79.9. The minimum Gasteiger partial charge on any atom is -0.305 e. The van der Waals surface area contributed by atoms with Gasteiger partial charge in [0.15, 0.2) is 4.60 Å². The third-order valence-corrected chi connectivity index (χ3v) is 3.84. The third kappa shape index (κ3) is 2.12. The number of fused-ring (bicyclic) bond motifs is 1. The molecule has 0 saturated heterocycles. The van der Waals surface area contributed by atoms with Crippen molar-refractivity contribution in [2.45, 2.75) is 13.0 Å². The summed E-state index contributed by atoms with van der Waals surface area (Å²) in [5.41, 5.74) is 3.18. The van der Waals surface area contributed by atoms with Crippen LogP contribution in [-0.4, -0.2) is 31.2 Å². The first-order chi connectivity index (χ1) is 9.72. The molecule has 0 aliphatic carbocycles. The van der Waals surface area contributed by atoms with Gasteiger partial charge in [0.05, 0.1) is 23.4 Å². The van der Waals surface area contributed by atoms with Crippen LogP contribution in [0.3, 0.4) is 0 Å². The van der Waals surface area contributed by atoms with E-state index in [1.165, 1.54) is 0 Å². The van der Waals surface area contributed by atoms with Crippen molar-refractivity contribution in [1.82, 2.24) is 29.9 Å². The van der Waals surface area contributed by atoms with E-state index < -0.39 is 0 Å². The Bertz CT molecular complexity index is 712. The first-order valence-corrected chi connectivity index (χ1v) is 7.22. The van der Waals surface area contributed by atoms with Crippen LogP contribution >= 0.6 is 15.9 Å². The average molecular weight is 335 g/mol. The fraction of sp³-hybridized carbons (Fsp3) is 0.308. The number of rotatable bonds is 4. The molecule has 0 fully saturated rings. The van der Waals surface area contributed by atoms with Gasteiger partial charge in [0, 0.05) is 18.8 Å². The van der Waals surface area contributed by atoms with E-state index in [2.05, 4.69) is 49.6 Å². The van der Waals surface area contributed by atoms with Crippen LogP contribution in [0.4, 0.5) is 0 Å². The van der Waals surface area contributed by atoms with Gasteiger partial charge in [0.1, 0.15) is 0 Å². The normalized spacial score (nSPS) is 12.9. The second-order valence-electron chi connectivity index (χ2n) is 4.51. The summed E-state index contributed by atoms with van der Waals surface area (Å²) in [4.78, 5) is 0. The van der Waals surface area contributed by atoms with Gasteiger partial charge in [-0.15, -0.1) is 5.10 Å². The molecule has 0 saturated carbocycles. The van der Waals surface area contributed by atoms with Crippen LogP contribution in [0.2, 0.25) is 0 Å². The second kappa shape index (κ2) is 5.34. The Balaban J connectivity index is 2.16. The monoisotopic (exact) mass is 334 g/mol. The van der Waals surface area contributed by atoms with Gasteiger partial charge in [-0.1, -0.05) is 18.2 Å². The van der Waals surface area contributed by atoms with Crippen molar-refractivity contribution in [1.29, 1.82) is 0 Å². The molecule has 0 spiro atoms. The highest BCUT2D eigenvalue weighted by molar-refractivity contribution is 9.10. The topological polar surface area (TPSA) is 60.0 Å². The summed E-state index contributed by atoms with van der Waals surface area (Å²) >= 11 is 3.48. The molecule has 0 amide bonds. The number of nitrogens with zero attached hydrogens (tertiary/aromatic N) is 5. The average Bonchev–Trinajstić information content (AvgIpc) is 3.01. The SMILES string of the molecule is CCNC(c1cnn2ccccc12)c1c(Br)nnn1C. The van der Waals surface area contributed by atoms with E-state index in [0.29, 0.717) is 0 Å². The smallest absolute Gasteiger partial charge is 0.153 e. The highest BCUT2D eigenvalue weighted by Crippen LogP contribution is 2.29. The maximum absolute atomic E-state index is 4.40. The molecular formula is C13H15BrN6. The largest absolute Gasteiger partial charge is 0.305 e. The van der Waals surface area contributed by atoms with Gasteiger partial charge in [0.2, 0.25) is 0 Å². The predicted octanol–water partition coefficient (Wildman–Crippen LogP) is 1.92. The van der Waals surface area contributed by atoms with Crippen LogP contribution in [0, 0.1) is 0 Å². The number of halogens is 1. The minimum atomic E-state index is -0.00530. The lowest BCUT2D eigenvalue weighted by atomic mass is 10.1. The molecule has 0 aliphatic rings. The van der Waals surface area contributed by atoms with Crippen LogP contribution in [-0.2, 0) is 7.05 Å². The molecule has 0 aromatic carbocycles. The Morgan fingerprint density at radius 3 is 2.95 bits per heavy atom. The van der Waals surface area contributed by atoms with Gasteiger partial charge >= 0.3 is 0 Å². The Morgan fingerprint density at radius 1 is 1.40 bits per heavy atom. The van der Waals surface area contributed by atoms with Gasteiger partial charge in [-0.25, -0.2) is 9.20 Å². The van der Waals surface area contributed by atoms with Crippen LogP contribution in [0.1, 0.15) is 24.2 Å². The molecule has 0 radical (unpaired) electrons. The fourth-order valence-electron chi connectivity index (χ4n) is 2.38. The van der Waals surface area contributed by atoms with Gasteiger partial charge in [-0.05, 0) is 34.6 Å². The van der Waals surface area contributed by atoms with Crippen molar-refractivity contribution in [2.24, 2.45) is 7.05 Å². The molecule has 1 N–H and O–H groups in total. The molecule has 1 atom stereocenters.